The molecule has 1 aromatic carbocycles. The lowest BCUT2D eigenvalue weighted by molar-refractivity contribution is -0.387. The second-order valence-electron chi connectivity index (χ2n) is 6.13. The molecule has 0 bridgehead atoms. The summed E-state index contributed by atoms with van der Waals surface area (Å²) in [5, 5.41) is 15.7. The van der Waals surface area contributed by atoms with Gasteiger partial charge in [0.2, 0.25) is 23.5 Å². The van der Waals surface area contributed by atoms with Crippen LogP contribution in [0.3, 0.4) is 0 Å². The number of benzene rings is 1. The number of nitrogens with zero attached hydrogens (tertiary/aromatic N) is 1. The van der Waals surface area contributed by atoms with Crippen LogP contribution in [0.25, 0.3) is 0 Å². The van der Waals surface area contributed by atoms with Gasteiger partial charge in [-0.3, -0.25) is 24.5 Å². The molecule has 0 fully saturated rings. The molecule has 0 spiro atoms. The van der Waals surface area contributed by atoms with E-state index in [4.69, 9.17) is 5.73 Å². The molecule has 1 rings (SSSR count). The zero-order valence-electron chi connectivity index (χ0n) is 14.6. The SMILES string of the molecule is CC(=O)N[C@@H](C(=O)N[C@@H](Cc1ccc(F)c([N+](=O)[O-])c1)C(N)=O)C(C)C. The van der Waals surface area contributed by atoms with Gasteiger partial charge in [-0.15, -0.1) is 0 Å². The highest BCUT2D eigenvalue weighted by molar-refractivity contribution is 5.91. The van der Waals surface area contributed by atoms with Crippen LogP contribution in [-0.4, -0.2) is 34.7 Å². The number of hydrogen-bond donors (Lipinski definition) is 3. The lowest BCUT2D eigenvalue weighted by Crippen LogP contribution is -2.55. The first-order valence-corrected chi connectivity index (χ1v) is 7.82. The molecule has 9 nitrogen and oxygen atoms in total. The van der Waals surface area contributed by atoms with Crippen molar-refractivity contribution in [2.75, 3.05) is 0 Å². The Morgan fingerprint density at radius 2 is 1.88 bits per heavy atom. The van der Waals surface area contributed by atoms with Gasteiger partial charge in [-0.25, -0.2) is 0 Å². The first-order chi connectivity index (χ1) is 12.0. The van der Waals surface area contributed by atoms with E-state index < -0.39 is 46.2 Å². The fourth-order valence-corrected chi connectivity index (χ4v) is 2.30. The maximum atomic E-state index is 13.4. The number of amides is 3. The minimum Gasteiger partial charge on any atom is -0.368 e. The average Bonchev–Trinajstić information content (AvgIpc) is 2.52. The number of nitro groups is 1. The summed E-state index contributed by atoms with van der Waals surface area (Å²) < 4.78 is 13.4. The molecule has 142 valence electrons. The van der Waals surface area contributed by atoms with E-state index in [0.29, 0.717) is 0 Å². The molecule has 0 aliphatic heterocycles. The Balaban J connectivity index is 2.98. The Kier molecular flexibility index (Phi) is 7.17. The van der Waals surface area contributed by atoms with Gasteiger partial charge in [-0.2, -0.15) is 4.39 Å². The van der Waals surface area contributed by atoms with Gasteiger partial charge in [-0.1, -0.05) is 19.9 Å². The molecular weight excluding hydrogens is 347 g/mol. The van der Waals surface area contributed by atoms with Crippen molar-refractivity contribution in [3.05, 3.63) is 39.7 Å². The van der Waals surface area contributed by atoms with E-state index >= 15 is 0 Å². The van der Waals surface area contributed by atoms with Gasteiger partial charge in [-0.05, 0) is 17.5 Å². The maximum Gasteiger partial charge on any atom is 0.305 e. The highest BCUT2D eigenvalue weighted by Crippen LogP contribution is 2.19. The molecule has 0 saturated carbocycles. The van der Waals surface area contributed by atoms with Crippen molar-refractivity contribution in [2.24, 2.45) is 11.7 Å². The number of carbonyl (C=O) groups is 3. The molecule has 0 radical (unpaired) electrons. The Morgan fingerprint density at radius 1 is 1.27 bits per heavy atom. The first-order valence-electron chi connectivity index (χ1n) is 7.82. The molecule has 2 atom stereocenters. The van der Waals surface area contributed by atoms with Crippen LogP contribution in [0.1, 0.15) is 26.3 Å². The molecule has 0 unspecified atom stereocenters. The number of halogens is 1. The number of rotatable bonds is 8. The molecule has 10 heteroatoms. The third-order valence-electron chi connectivity index (χ3n) is 3.61. The standard InChI is InChI=1S/C16H21FN4O5/c1-8(2)14(19-9(3)22)16(24)20-12(15(18)23)6-10-4-5-11(17)13(7-10)21(25)26/h4-5,7-8,12,14H,6H2,1-3H3,(H2,18,23)(H,19,22)(H,20,24)/t12-,14+/m0/s1. The largest absolute Gasteiger partial charge is 0.368 e. The second-order valence-corrected chi connectivity index (χ2v) is 6.13. The zero-order valence-corrected chi connectivity index (χ0v) is 14.6. The Morgan fingerprint density at radius 3 is 2.35 bits per heavy atom. The van der Waals surface area contributed by atoms with E-state index in [1.54, 1.807) is 13.8 Å². The number of nitrogens with one attached hydrogen (secondary N) is 2. The van der Waals surface area contributed by atoms with Gasteiger partial charge in [0.15, 0.2) is 0 Å². The molecular formula is C16H21FN4O5. The summed E-state index contributed by atoms with van der Waals surface area (Å²) in [7, 11) is 0. The lowest BCUT2D eigenvalue weighted by atomic mass is 10.0. The first kappa shape index (κ1) is 21.0. The molecule has 4 N–H and O–H groups in total. The van der Waals surface area contributed by atoms with E-state index in [-0.39, 0.29) is 17.9 Å². The van der Waals surface area contributed by atoms with Crippen molar-refractivity contribution in [2.45, 2.75) is 39.3 Å². The molecule has 26 heavy (non-hydrogen) atoms. The molecule has 3 amide bonds. The summed E-state index contributed by atoms with van der Waals surface area (Å²) in [6.45, 7) is 4.68. The summed E-state index contributed by atoms with van der Waals surface area (Å²) in [4.78, 5) is 45.1. The summed E-state index contributed by atoms with van der Waals surface area (Å²) >= 11 is 0. The van der Waals surface area contributed by atoms with Crippen LogP contribution in [0.4, 0.5) is 10.1 Å². The van der Waals surface area contributed by atoms with Crippen molar-refractivity contribution in [3.63, 3.8) is 0 Å². The van der Waals surface area contributed by atoms with Crippen LogP contribution in [-0.2, 0) is 20.8 Å². The van der Waals surface area contributed by atoms with Crippen LogP contribution in [0.2, 0.25) is 0 Å². The van der Waals surface area contributed by atoms with Crippen molar-refractivity contribution < 1.29 is 23.7 Å². The zero-order chi connectivity index (χ0) is 20.0. The minimum absolute atomic E-state index is 0.160. The quantitative estimate of drug-likeness (QED) is 0.449. The summed E-state index contributed by atoms with van der Waals surface area (Å²) in [6.07, 6.45) is -0.160. The van der Waals surface area contributed by atoms with E-state index in [1.807, 2.05) is 0 Å². The van der Waals surface area contributed by atoms with Gasteiger partial charge in [0.05, 0.1) is 4.92 Å². The third kappa shape index (κ3) is 5.80. The summed E-state index contributed by atoms with van der Waals surface area (Å²) in [5.41, 5.74) is 4.80. The van der Waals surface area contributed by atoms with Gasteiger partial charge in [0.1, 0.15) is 12.1 Å². The van der Waals surface area contributed by atoms with E-state index in [2.05, 4.69) is 10.6 Å². The molecule has 0 aliphatic carbocycles. The summed E-state index contributed by atoms with van der Waals surface area (Å²) in [6, 6.07) is 1.09. The van der Waals surface area contributed by atoms with Crippen molar-refractivity contribution in [1.82, 2.24) is 10.6 Å². The highest BCUT2D eigenvalue weighted by atomic mass is 19.1. The molecule has 0 heterocycles. The minimum atomic E-state index is -1.18. The Labute approximate surface area is 149 Å². The average molecular weight is 368 g/mol. The Hall–Kier alpha value is -3.04. The number of hydrogen-bond acceptors (Lipinski definition) is 5. The predicted octanol–water partition coefficient (Wildman–Crippen LogP) is 0.407. The fourth-order valence-electron chi connectivity index (χ4n) is 2.30. The fraction of sp³-hybridized carbons (Fsp3) is 0.438. The topological polar surface area (TPSA) is 144 Å². The summed E-state index contributed by atoms with van der Waals surface area (Å²) in [5.74, 6) is -3.15. The predicted molar refractivity (Wildman–Crippen MR) is 90.3 cm³/mol. The maximum absolute atomic E-state index is 13.4. The van der Waals surface area contributed by atoms with Gasteiger partial charge < -0.3 is 16.4 Å². The molecule has 0 saturated heterocycles. The Bertz CT molecular complexity index is 723. The van der Waals surface area contributed by atoms with Gasteiger partial charge in [0.25, 0.3) is 0 Å². The van der Waals surface area contributed by atoms with E-state index in [9.17, 15) is 28.9 Å². The van der Waals surface area contributed by atoms with E-state index in [0.717, 1.165) is 12.1 Å². The molecule has 0 aromatic heterocycles. The van der Waals surface area contributed by atoms with Crippen molar-refractivity contribution in [1.29, 1.82) is 0 Å². The van der Waals surface area contributed by atoms with E-state index in [1.165, 1.54) is 13.0 Å². The van der Waals surface area contributed by atoms with Gasteiger partial charge in [0, 0.05) is 19.4 Å². The molecule has 1 aromatic rings. The van der Waals surface area contributed by atoms with Gasteiger partial charge >= 0.3 is 5.69 Å². The smallest absolute Gasteiger partial charge is 0.305 e. The van der Waals surface area contributed by atoms with Crippen LogP contribution in [0, 0.1) is 21.8 Å². The number of nitrogens with two attached hydrogens (primary N) is 1. The number of nitro benzene ring substituents is 1. The molecule has 0 aliphatic rings. The third-order valence-corrected chi connectivity index (χ3v) is 3.61. The normalized spacial score (nSPS) is 13.0. The van der Waals surface area contributed by atoms with Crippen LogP contribution >= 0.6 is 0 Å². The second kappa shape index (κ2) is 8.88. The lowest BCUT2D eigenvalue weighted by Gasteiger charge is -2.24. The van der Waals surface area contributed by atoms with Crippen molar-refractivity contribution >= 4 is 23.4 Å². The highest BCUT2D eigenvalue weighted by Gasteiger charge is 2.28. The number of primary amides is 1. The number of carbonyl (C=O) groups excluding carboxylic acids is 3. The van der Waals surface area contributed by atoms with Crippen LogP contribution < -0.4 is 16.4 Å². The monoisotopic (exact) mass is 368 g/mol. The van der Waals surface area contributed by atoms with Crippen molar-refractivity contribution in [3.8, 4) is 0 Å². The van der Waals surface area contributed by atoms with Crippen LogP contribution in [0.5, 0.6) is 0 Å². The van der Waals surface area contributed by atoms with Crippen LogP contribution in [0.15, 0.2) is 18.2 Å².